The van der Waals surface area contributed by atoms with Gasteiger partial charge in [-0.3, -0.25) is 0 Å². The zero-order valence-corrected chi connectivity index (χ0v) is 17.9. The molecule has 0 atom stereocenters. The van der Waals surface area contributed by atoms with Crippen LogP contribution in [0.5, 0.6) is 11.6 Å². The van der Waals surface area contributed by atoms with E-state index in [0.29, 0.717) is 22.2 Å². The molecule has 0 bridgehead atoms. The lowest BCUT2D eigenvalue weighted by Gasteiger charge is -2.15. The lowest BCUT2D eigenvalue weighted by atomic mass is 10.0. The molecule has 0 aliphatic heterocycles. The molecule has 8 heteroatoms. The first-order valence-corrected chi connectivity index (χ1v) is 10.4. The number of ether oxygens (including phenoxy) is 2. The molecule has 31 heavy (non-hydrogen) atoms. The van der Waals surface area contributed by atoms with Gasteiger partial charge in [0.15, 0.2) is 0 Å². The van der Waals surface area contributed by atoms with Crippen molar-refractivity contribution in [3.05, 3.63) is 71.7 Å². The highest BCUT2D eigenvalue weighted by Crippen LogP contribution is 2.36. The van der Waals surface area contributed by atoms with E-state index in [-0.39, 0.29) is 17.0 Å². The third-order valence-electron chi connectivity index (χ3n) is 4.26. The van der Waals surface area contributed by atoms with Crippen LogP contribution in [0.4, 0.5) is 0 Å². The summed E-state index contributed by atoms with van der Waals surface area (Å²) in [6, 6.07) is 16.6. The van der Waals surface area contributed by atoms with E-state index in [9.17, 15) is 9.90 Å². The average molecular weight is 433 g/mol. The van der Waals surface area contributed by atoms with Gasteiger partial charge in [0.05, 0.1) is 30.6 Å². The number of thioether (sulfide) groups is 1. The van der Waals surface area contributed by atoms with Gasteiger partial charge in [0.25, 0.3) is 0 Å². The van der Waals surface area contributed by atoms with Crippen molar-refractivity contribution >= 4 is 23.3 Å². The Morgan fingerprint density at radius 3 is 2.52 bits per heavy atom. The Morgan fingerprint density at radius 2 is 1.87 bits per heavy atom. The maximum Gasteiger partial charge on any atom is 0.339 e. The van der Waals surface area contributed by atoms with Crippen LogP contribution in [0.2, 0.25) is 0 Å². The topological polar surface area (TPSA) is 105 Å². The monoisotopic (exact) mass is 433 g/mol. The van der Waals surface area contributed by atoms with Crippen molar-refractivity contribution in [3.63, 3.8) is 0 Å². The second kappa shape index (κ2) is 9.78. The van der Waals surface area contributed by atoms with E-state index < -0.39 is 5.97 Å². The van der Waals surface area contributed by atoms with Crippen molar-refractivity contribution in [1.82, 2.24) is 9.97 Å². The fourth-order valence-corrected chi connectivity index (χ4v) is 3.55. The summed E-state index contributed by atoms with van der Waals surface area (Å²) in [6.45, 7) is 1.71. The summed E-state index contributed by atoms with van der Waals surface area (Å²) in [5, 5.41) is 19.3. The van der Waals surface area contributed by atoms with Gasteiger partial charge in [-0.25, -0.2) is 9.78 Å². The van der Waals surface area contributed by atoms with Gasteiger partial charge in [0.1, 0.15) is 22.2 Å². The van der Waals surface area contributed by atoms with Crippen LogP contribution in [0.25, 0.3) is 16.7 Å². The molecule has 0 unspecified atom stereocenters. The van der Waals surface area contributed by atoms with E-state index >= 15 is 0 Å². The molecule has 1 aromatic heterocycles. The number of nitrogens with zero attached hydrogens (tertiary/aromatic N) is 3. The molecule has 3 aromatic rings. The zero-order valence-electron chi connectivity index (χ0n) is 17.1. The standard InChI is InChI=1S/C23H19N3O4S/c1-14-25-21(20(22(26-14)31-3)19(13-29-2)23(27)28)30-18-9-5-8-17(11-18)16-7-4-6-15(10-16)12-24/h4-11,13H,1-3H3,(H,27,28)/b19-13+. The number of nitriles is 1. The van der Waals surface area contributed by atoms with Gasteiger partial charge in [0, 0.05) is 0 Å². The van der Waals surface area contributed by atoms with Crippen LogP contribution in [0.1, 0.15) is 17.0 Å². The summed E-state index contributed by atoms with van der Waals surface area (Å²) in [5.41, 5.74) is 2.39. The molecule has 0 aliphatic rings. The van der Waals surface area contributed by atoms with Crippen molar-refractivity contribution in [2.75, 3.05) is 13.4 Å². The predicted molar refractivity (Wildman–Crippen MR) is 118 cm³/mol. The highest BCUT2D eigenvalue weighted by Gasteiger charge is 2.24. The summed E-state index contributed by atoms with van der Waals surface area (Å²) >= 11 is 1.29. The van der Waals surface area contributed by atoms with Gasteiger partial charge in [-0.1, -0.05) is 24.3 Å². The molecule has 0 spiro atoms. The van der Waals surface area contributed by atoms with Gasteiger partial charge in [-0.05, 0) is 48.6 Å². The first-order chi connectivity index (χ1) is 15.0. The van der Waals surface area contributed by atoms with E-state index in [4.69, 9.17) is 14.7 Å². The number of benzene rings is 2. The lowest BCUT2D eigenvalue weighted by Crippen LogP contribution is -2.08. The van der Waals surface area contributed by atoms with Crippen LogP contribution in [-0.2, 0) is 9.53 Å². The molecular weight excluding hydrogens is 414 g/mol. The molecule has 0 saturated heterocycles. The van der Waals surface area contributed by atoms with Crippen LogP contribution in [-0.4, -0.2) is 34.4 Å². The maximum atomic E-state index is 11.9. The number of methoxy groups -OCH3 is 1. The Labute approximate surface area is 184 Å². The van der Waals surface area contributed by atoms with Crippen molar-refractivity contribution < 1.29 is 19.4 Å². The van der Waals surface area contributed by atoms with Crippen LogP contribution < -0.4 is 4.74 Å². The Balaban J connectivity index is 2.09. The number of rotatable bonds is 7. The van der Waals surface area contributed by atoms with Gasteiger partial charge in [0.2, 0.25) is 5.88 Å². The Hall–Kier alpha value is -3.83. The maximum absolute atomic E-state index is 11.9. The Bertz CT molecular complexity index is 1200. The van der Waals surface area contributed by atoms with Gasteiger partial charge < -0.3 is 14.6 Å². The van der Waals surface area contributed by atoms with E-state index in [1.54, 1.807) is 37.4 Å². The van der Waals surface area contributed by atoms with Crippen molar-refractivity contribution in [3.8, 4) is 28.8 Å². The number of carboxylic acid groups (broad SMARTS) is 1. The van der Waals surface area contributed by atoms with Crippen molar-refractivity contribution in [2.24, 2.45) is 0 Å². The number of aryl methyl sites for hydroxylation is 1. The van der Waals surface area contributed by atoms with Crippen molar-refractivity contribution in [2.45, 2.75) is 11.9 Å². The molecule has 1 heterocycles. The fraction of sp³-hybridized carbons (Fsp3) is 0.130. The number of aromatic nitrogens is 2. The minimum absolute atomic E-state index is 0.111. The number of aliphatic carboxylic acids is 1. The lowest BCUT2D eigenvalue weighted by molar-refractivity contribution is -0.130. The van der Waals surface area contributed by atoms with E-state index in [0.717, 1.165) is 17.4 Å². The molecule has 0 saturated carbocycles. The number of hydrogen-bond acceptors (Lipinski definition) is 7. The van der Waals surface area contributed by atoms with E-state index in [1.807, 2.05) is 24.3 Å². The second-order valence-corrected chi connectivity index (χ2v) is 7.15. The number of hydrogen-bond donors (Lipinski definition) is 1. The summed E-state index contributed by atoms with van der Waals surface area (Å²) < 4.78 is 11.0. The smallest absolute Gasteiger partial charge is 0.339 e. The quantitative estimate of drug-likeness (QED) is 0.242. The summed E-state index contributed by atoms with van der Waals surface area (Å²) in [4.78, 5) is 20.5. The Kier molecular flexibility index (Phi) is 6.90. The number of carbonyl (C=O) groups is 1. The molecule has 0 fully saturated rings. The van der Waals surface area contributed by atoms with Crippen LogP contribution in [0.3, 0.4) is 0 Å². The summed E-state index contributed by atoms with van der Waals surface area (Å²) in [6.07, 6.45) is 2.93. The molecule has 0 amide bonds. The fourth-order valence-electron chi connectivity index (χ4n) is 2.93. The van der Waals surface area contributed by atoms with Crippen LogP contribution >= 0.6 is 11.8 Å². The molecule has 7 nitrogen and oxygen atoms in total. The van der Waals surface area contributed by atoms with E-state index in [1.165, 1.54) is 18.9 Å². The van der Waals surface area contributed by atoms with Gasteiger partial charge in [-0.15, -0.1) is 11.8 Å². The third-order valence-corrected chi connectivity index (χ3v) is 4.94. The third kappa shape index (κ3) is 5.02. The molecule has 0 aliphatic carbocycles. The molecule has 2 aromatic carbocycles. The highest BCUT2D eigenvalue weighted by molar-refractivity contribution is 7.98. The van der Waals surface area contributed by atoms with Crippen molar-refractivity contribution in [1.29, 1.82) is 5.26 Å². The largest absolute Gasteiger partial charge is 0.503 e. The minimum atomic E-state index is -1.18. The second-order valence-electron chi connectivity index (χ2n) is 6.36. The summed E-state index contributed by atoms with van der Waals surface area (Å²) in [7, 11) is 1.37. The number of carboxylic acids is 1. The SMILES string of the molecule is CO/C=C(/C(=O)O)c1c(Oc2cccc(-c3cccc(C#N)c3)c2)nc(C)nc1SC. The first kappa shape index (κ1) is 21.9. The van der Waals surface area contributed by atoms with Gasteiger partial charge in [-0.2, -0.15) is 10.2 Å². The Morgan fingerprint density at radius 1 is 1.16 bits per heavy atom. The summed E-state index contributed by atoms with van der Waals surface area (Å²) in [5.74, 6) is -0.154. The molecule has 1 N–H and O–H groups in total. The highest BCUT2D eigenvalue weighted by atomic mass is 32.2. The van der Waals surface area contributed by atoms with Crippen LogP contribution in [0.15, 0.2) is 59.8 Å². The first-order valence-electron chi connectivity index (χ1n) is 9.14. The average Bonchev–Trinajstić information content (AvgIpc) is 2.77. The normalized spacial score (nSPS) is 11.0. The molecule has 0 radical (unpaired) electrons. The molecular formula is C23H19N3O4S. The van der Waals surface area contributed by atoms with Gasteiger partial charge >= 0.3 is 5.97 Å². The predicted octanol–water partition coefficient (Wildman–Crippen LogP) is 4.91. The zero-order chi connectivity index (χ0) is 22.4. The molecule has 3 rings (SSSR count). The minimum Gasteiger partial charge on any atom is -0.503 e. The van der Waals surface area contributed by atoms with Crippen LogP contribution in [0, 0.1) is 18.3 Å². The molecule has 156 valence electrons. The van der Waals surface area contributed by atoms with E-state index in [2.05, 4.69) is 16.0 Å².